The average molecular weight is 254 g/mol. The summed E-state index contributed by atoms with van der Waals surface area (Å²) in [6, 6.07) is 7.20. The molecular formula is C15H14N2O2. The highest BCUT2D eigenvalue weighted by molar-refractivity contribution is 6.07. The lowest BCUT2D eigenvalue weighted by Crippen LogP contribution is -2.19. The number of hydrogen-bond donors (Lipinski definition) is 1. The largest absolute Gasteiger partial charge is 0.326 e. The Balaban J connectivity index is 2.31. The third-order valence-corrected chi connectivity index (χ3v) is 2.70. The molecule has 0 spiro atoms. The van der Waals surface area contributed by atoms with Crippen molar-refractivity contribution in [3.63, 3.8) is 0 Å². The molecule has 0 radical (unpaired) electrons. The van der Waals surface area contributed by atoms with E-state index >= 15 is 0 Å². The fourth-order valence-electron chi connectivity index (χ4n) is 1.88. The average Bonchev–Trinajstić information content (AvgIpc) is 2.36. The number of rotatable bonds is 3. The van der Waals surface area contributed by atoms with Crippen molar-refractivity contribution < 1.29 is 4.79 Å². The number of nitrogens with one attached hydrogen (secondary N) is 1. The molecule has 0 saturated heterocycles. The Labute approximate surface area is 110 Å². The van der Waals surface area contributed by atoms with E-state index in [-0.39, 0.29) is 16.9 Å². The number of allylic oxidation sites excluding steroid dienone is 1. The minimum Gasteiger partial charge on any atom is -0.326 e. The summed E-state index contributed by atoms with van der Waals surface area (Å²) in [6.07, 6.45) is 4.62. The van der Waals surface area contributed by atoms with Crippen LogP contribution in [0.4, 0.5) is 0 Å². The smallest absolute Gasteiger partial charge is 0.259 e. The molecule has 0 fully saturated rings. The van der Waals surface area contributed by atoms with Crippen molar-refractivity contribution in [3.05, 3.63) is 69.4 Å². The fraction of sp³-hybridized carbons (Fsp3) is 0.133. The zero-order valence-electron chi connectivity index (χ0n) is 10.8. The molecule has 1 N–H and O–H groups in total. The number of aryl methyl sites for hydroxylation is 2. The molecule has 0 saturated carbocycles. The zero-order valence-corrected chi connectivity index (χ0v) is 10.8. The van der Waals surface area contributed by atoms with Crippen molar-refractivity contribution in [2.45, 2.75) is 13.8 Å². The number of H-pyrrole nitrogens is 1. The van der Waals surface area contributed by atoms with E-state index in [4.69, 9.17) is 0 Å². The van der Waals surface area contributed by atoms with Crippen LogP contribution < -0.4 is 5.56 Å². The van der Waals surface area contributed by atoms with Gasteiger partial charge in [-0.2, -0.15) is 0 Å². The van der Waals surface area contributed by atoms with E-state index in [2.05, 4.69) is 9.97 Å². The van der Waals surface area contributed by atoms with Crippen LogP contribution in [-0.4, -0.2) is 15.8 Å². The summed E-state index contributed by atoms with van der Waals surface area (Å²) >= 11 is 0. The van der Waals surface area contributed by atoms with Crippen LogP contribution in [0.5, 0.6) is 0 Å². The summed E-state index contributed by atoms with van der Waals surface area (Å²) in [7, 11) is 0. The second-order valence-electron chi connectivity index (χ2n) is 4.29. The number of ketones is 1. The zero-order chi connectivity index (χ0) is 13.8. The van der Waals surface area contributed by atoms with Gasteiger partial charge in [0.15, 0.2) is 5.78 Å². The molecule has 0 amide bonds. The normalized spacial score (nSPS) is 10.8. The molecule has 0 unspecified atom stereocenters. The van der Waals surface area contributed by atoms with Gasteiger partial charge >= 0.3 is 0 Å². The number of carbonyl (C=O) groups is 1. The van der Waals surface area contributed by atoms with Crippen LogP contribution in [0, 0.1) is 13.8 Å². The number of carbonyl (C=O) groups excluding carboxylic acids is 1. The van der Waals surface area contributed by atoms with Crippen molar-refractivity contribution >= 4 is 11.9 Å². The Morgan fingerprint density at radius 3 is 2.74 bits per heavy atom. The van der Waals surface area contributed by atoms with Crippen LogP contribution in [0.1, 0.15) is 27.3 Å². The van der Waals surface area contributed by atoms with E-state index in [1.54, 1.807) is 44.3 Å². The van der Waals surface area contributed by atoms with Crippen molar-refractivity contribution in [1.82, 2.24) is 9.97 Å². The number of pyridine rings is 2. The van der Waals surface area contributed by atoms with Crippen molar-refractivity contribution in [2.75, 3.05) is 0 Å². The van der Waals surface area contributed by atoms with Gasteiger partial charge in [-0.05, 0) is 49.8 Å². The molecule has 96 valence electrons. The van der Waals surface area contributed by atoms with Crippen LogP contribution in [-0.2, 0) is 0 Å². The summed E-state index contributed by atoms with van der Waals surface area (Å²) in [5, 5.41) is 0. The molecule has 19 heavy (non-hydrogen) atoms. The quantitative estimate of drug-likeness (QED) is 0.675. The third-order valence-electron chi connectivity index (χ3n) is 2.70. The predicted octanol–water partition coefficient (Wildman–Crippen LogP) is 2.28. The minimum atomic E-state index is -0.354. The van der Waals surface area contributed by atoms with Gasteiger partial charge in [-0.3, -0.25) is 14.6 Å². The first kappa shape index (κ1) is 13.0. The maximum absolute atomic E-state index is 12.0. The highest BCUT2D eigenvalue weighted by Gasteiger charge is 2.11. The Morgan fingerprint density at radius 2 is 2.11 bits per heavy atom. The number of hydrogen-bond acceptors (Lipinski definition) is 3. The molecule has 2 rings (SSSR count). The first-order valence-electron chi connectivity index (χ1n) is 5.92. The molecule has 2 aromatic heterocycles. The summed E-state index contributed by atoms with van der Waals surface area (Å²) in [5.41, 5.74) is 1.92. The SMILES string of the molecule is Cc1cc(C)c(C(=O)C=Cc2ccccn2)c(=O)[nH]1. The monoisotopic (exact) mass is 254 g/mol. The number of aromatic nitrogens is 2. The lowest BCUT2D eigenvalue weighted by Gasteiger charge is -2.02. The summed E-state index contributed by atoms with van der Waals surface area (Å²) < 4.78 is 0. The molecule has 0 aliphatic rings. The van der Waals surface area contributed by atoms with Gasteiger partial charge < -0.3 is 4.98 Å². The van der Waals surface area contributed by atoms with Crippen molar-refractivity contribution in [2.24, 2.45) is 0 Å². The Morgan fingerprint density at radius 1 is 1.32 bits per heavy atom. The van der Waals surface area contributed by atoms with Crippen LogP contribution >= 0.6 is 0 Å². The molecule has 2 aromatic rings. The highest BCUT2D eigenvalue weighted by Crippen LogP contribution is 2.06. The Bertz CT molecular complexity index is 685. The molecule has 0 bridgehead atoms. The van der Waals surface area contributed by atoms with Gasteiger partial charge in [-0.15, -0.1) is 0 Å². The van der Waals surface area contributed by atoms with Gasteiger partial charge in [-0.1, -0.05) is 6.07 Å². The lowest BCUT2D eigenvalue weighted by molar-refractivity contribution is 0.104. The number of aromatic amines is 1. The molecule has 4 heteroatoms. The topological polar surface area (TPSA) is 62.8 Å². The van der Waals surface area contributed by atoms with E-state index < -0.39 is 0 Å². The van der Waals surface area contributed by atoms with E-state index in [1.807, 2.05) is 6.07 Å². The number of nitrogens with zero attached hydrogens (tertiary/aromatic N) is 1. The molecule has 0 aliphatic heterocycles. The molecule has 0 aliphatic carbocycles. The van der Waals surface area contributed by atoms with Crippen molar-refractivity contribution in [1.29, 1.82) is 0 Å². The lowest BCUT2D eigenvalue weighted by atomic mass is 10.1. The van der Waals surface area contributed by atoms with Crippen LogP contribution in [0.25, 0.3) is 6.08 Å². The van der Waals surface area contributed by atoms with Gasteiger partial charge in [0.25, 0.3) is 5.56 Å². The first-order chi connectivity index (χ1) is 9.08. The van der Waals surface area contributed by atoms with Gasteiger partial charge in [-0.25, -0.2) is 0 Å². The van der Waals surface area contributed by atoms with E-state index in [0.29, 0.717) is 11.3 Å². The summed E-state index contributed by atoms with van der Waals surface area (Å²) in [5.74, 6) is -0.315. The van der Waals surface area contributed by atoms with Gasteiger partial charge in [0, 0.05) is 11.9 Å². The second-order valence-corrected chi connectivity index (χ2v) is 4.29. The highest BCUT2D eigenvalue weighted by atomic mass is 16.1. The van der Waals surface area contributed by atoms with Crippen LogP contribution in [0.2, 0.25) is 0 Å². The van der Waals surface area contributed by atoms with E-state index in [0.717, 1.165) is 5.69 Å². The third kappa shape index (κ3) is 3.04. The maximum atomic E-state index is 12.0. The summed E-state index contributed by atoms with van der Waals surface area (Å²) in [4.78, 5) is 30.5. The van der Waals surface area contributed by atoms with Gasteiger partial charge in [0.1, 0.15) is 0 Å². The molecule has 2 heterocycles. The molecule has 0 aromatic carbocycles. The Hall–Kier alpha value is -2.49. The van der Waals surface area contributed by atoms with Gasteiger partial charge in [0.2, 0.25) is 0 Å². The first-order valence-corrected chi connectivity index (χ1v) is 5.92. The van der Waals surface area contributed by atoms with Gasteiger partial charge in [0.05, 0.1) is 11.3 Å². The molecular weight excluding hydrogens is 240 g/mol. The predicted molar refractivity (Wildman–Crippen MR) is 74.1 cm³/mol. The second kappa shape index (κ2) is 5.44. The van der Waals surface area contributed by atoms with Crippen LogP contribution in [0.3, 0.4) is 0 Å². The standard InChI is InChI=1S/C15H14N2O2/c1-10-9-11(2)17-15(19)14(10)13(18)7-6-12-5-3-4-8-16-12/h3-9H,1-2H3,(H,17,19). The van der Waals surface area contributed by atoms with E-state index in [1.165, 1.54) is 6.08 Å². The van der Waals surface area contributed by atoms with E-state index in [9.17, 15) is 9.59 Å². The van der Waals surface area contributed by atoms with Crippen molar-refractivity contribution in [3.8, 4) is 0 Å². The summed E-state index contributed by atoms with van der Waals surface area (Å²) in [6.45, 7) is 3.54. The Kier molecular flexibility index (Phi) is 3.71. The van der Waals surface area contributed by atoms with Crippen LogP contribution in [0.15, 0.2) is 41.3 Å². The molecule has 0 atom stereocenters. The minimum absolute atomic E-state index is 0.179. The maximum Gasteiger partial charge on any atom is 0.259 e. The fourth-order valence-corrected chi connectivity index (χ4v) is 1.88. The molecule has 4 nitrogen and oxygen atoms in total.